The Morgan fingerprint density at radius 2 is 2.05 bits per heavy atom. The summed E-state index contributed by atoms with van der Waals surface area (Å²) in [7, 11) is 0. The van der Waals surface area contributed by atoms with Crippen molar-refractivity contribution >= 4 is 33.2 Å². The third-order valence-corrected chi connectivity index (χ3v) is 3.92. The Bertz CT molecular complexity index is 568. The van der Waals surface area contributed by atoms with E-state index in [0.29, 0.717) is 5.01 Å². The summed E-state index contributed by atoms with van der Waals surface area (Å²) in [5, 5.41) is 11.8. The number of rotatable bonds is 4. The normalized spacial score (nSPS) is 12.2. The lowest BCUT2D eigenvalue weighted by molar-refractivity contribution is 0.0939. The molecule has 4 nitrogen and oxygen atoms in total. The van der Waals surface area contributed by atoms with Crippen LogP contribution in [-0.2, 0) is 6.42 Å². The molecule has 0 aliphatic rings. The van der Waals surface area contributed by atoms with E-state index in [1.807, 2.05) is 38.1 Å². The molecule has 0 fully saturated rings. The van der Waals surface area contributed by atoms with Crippen molar-refractivity contribution in [2.45, 2.75) is 26.3 Å². The molecule has 2 aromatic rings. The zero-order valence-corrected chi connectivity index (χ0v) is 13.1. The number of nitrogens with zero attached hydrogens (tertiary/aromatic N) is 2. The minimum Gasteiger partial charge on any atom is -0.347 e. The van der Waals surface area contributed by atoms with Crippen LogP contribution < -0.4 is 5.32 Å². The van der Waals surface area contributed by atoms with Gasteiger partial charge in [0.05, 0.1) is 0 Å². The molecule has 1 amide bonds. The van der Waals surface area contributed by atoms with Crippen molar-refractivity contribution in [2.75, 3.05) is 0 Å². The topological polar surface area (TPSA) is 54.9 Å². The Labute approximate surface area is 124 Å². The standard InChI is InChI=1S/C13H14BrN3OS/c1-8(7-10-3-5-11(14)6-4-10)15-12(18)13-17-16-9(2)19-13/h3-6,8H,7H2,1-2H3,(H,15,18)/t8-/m0/s1. The number of halogens is 1. The average Bonchev–Trinajstić information content (AvgIpc) is 2.79. The Morgan fingerprint density at radius 1 is 1.37 bits per heavy atom. The summed E-state index contributed by atoms with van der Waals surface area (Å²) < 4.78 is 1.05. The van der Waals surface area contributed by atoms with E-state index in [0.717, 1.165) is 15.9 Å². The van der Waals surface area contributed by atoms with Gasteiger partial charge in [-0.25, -0.2) is 0 Å². The summed E-state index contributed by atoms with van der Waals surface area (Å²) in [6.45, 7) is 3.81. The fourth-order valence-corrected chi connectivity index (χ4v) is 2.56. The van der Waals surface area contributed by atoms with Gasteiger partial charge in [-0.15, -0.1) is 10.2 Å². The van der Waals surface area contributed by atoms with Crippen LogP contribution in [0.3, 0.4) is 0 Å². The Morgan fingerprint density at radius 3 is 2.63 bits per heavy atom. The zero-order valence-electron chi connectivity index (χ0n) is 10.7. The molecule has 0 unspecified atom stereocenters. The molecule has 0 saturated carbocycles. The van der Waals surface area contributed by atoms with E-state index in [4.69, 9.17) is 0 Å². The molecule has 1 atom stereocenters. The van der Waals surface area contributed by atoms with Crippen LogP contribution in [0.5, 0.6) is 0 Å². The predicted molar refractivity (Wildman–Crippen MR) is 79.4 cm³/mol. The van der Waals surface area contributed by atoms with Gasteiger partial charge >= 0.3 is 0 Å². The van der Waals surface area contributed by atoms with E-state index in [-0.39, 0.29) is 11.9 Å². The third-order valence-electron chi connectivity index (χ3n) is 2.55. The maximum atomic E-state index is 11.9. The minimum absolute atomic E-state index is 0.0536. The number of aromatic nitrogens is 2. The summed E-state index contributed by atoms with van der Waals surface area (Å²) in [4.78, 5) is 11.9. The van der Waals surface area contributed by atoms with Gasteiger partial charge in [-0.05, 0) is 38.0 Å². The van der Waals surface area contributed by atoms with Crippen molar-refractivity contribution in [2.24, 2.45) is 0 Å². The van der Waals surface area contributed by atoms with Gasteiger partial charge in [0, 0.05) is 10.5 Å². The van der Waals surface area contributed by atoms with Gasteiger partial charge in [-0.2, -0.15) is 0 Å². The first-order valence-electron chi connectivity index (χ1n) is 5.90. The second kappa shape index (κ2) is 6.25. The van der Waals surface area contributed by atoms with E-state index in [1.165, 1.54) is 16.9 Å². The molecule has 100 valence electrons. The van der Waals surface area contributed by atoms with Crippen molar-refractivity contribution in [3.63, 3.8) is 0 Å². The molecule has 0 aliphatic carbocycles. The molecule has 2 rings (SSSR count). The quantitative estimate of drug-likeness (QED) is 0.931. The van der Waals surface area contributed by atoms with Crippen LogP contribution in [0.15, 0.2) is 28.7 Å². The van der Waals surface area contributed by atoms with Crippen LogP contribution >= 0.6 is 27.3 Å². The van der Waals surface area contributed by atoms with Gasteiger partial charge in [0.15, 0.2) is 0 Å². The van der Waals surface area contributed by atoms with Crippen molar-refractivity contribution in [3.05, 3.63) is 44.3 Å². The van der Waals surface area contributed by atoms with Crippen LogP contribution in [0.25, 0.3) is 0 Å². The van der Waals surface area contributed by atoms with Gasteiger partial charge in [0.1, 0.15) is 5.01 Å². The van der Waals surface area contributed by atoms with E-state index < -0.39 is 0 Å². The SMILES string of the molecule is Cc1nnc(C(=O)N[C@@H](C)Cc2ccc(Br)cc2)s1. The van der Waals surface area contributed by atoms with Gasteiger partial charge in [-0.3, -0.25) is 4.79 Å². The molecule has 1 N–H and O–H groups in total. The highest BCUT2D eigenvalue weighted by Gasteiger charge is 2.14. The number of benzene rings is 1. The number of carbonyl (C=O) groups is 1. The third kappa shape index (κ3) is 4.11. The summed E-state index contributed by atoms with van der Waals surface area (Å²) in [5.41, 5.74) is 1.18. The lowest BCUT2D eigenvalue weighted by Crippen LogP contribution is -2.34. The molecule has 0 aliphatic heterocycles. The van der Waals surface area contributed by atoms with Crippen molar-refractivity contribution in [1.29, 1.82) is 0 Å². The molecule has 0 radical (unpaired) electrons. The summed E-state index contributed by atoms with van der Waals surface area (Å²) >= 11 is 4.71. The molecule has 6 heteroatoms. The van der Waals surface area contributed by atoms with E-state index in [9.17, 15) is 4.79 Å². The Balaban J connectivity index is 1.92. The largest absolute Gasteiger partial charge is 0.347 e. The second-order valence-electron chi connectivity index (χ2n) is 4.33. The molecule has 19 heavy (non-hydrogen) atoms. The maximum absolute atomic E-state index is 11.9. The first-order chi connectivity index (χ1) is 9.04. The maximum Gasteiger partial charge on any atom is 0.282 e. The Kier molecular flexibility index (Phi) is 4.66. The van der Waals surface area contributed by atoms with Crippen LogP contribution in [-0.4, -0.2) is 22.1 Å². The molecule has 1 aromatic heterocycles. The minimum atomic E-state index is -0.157. The number of amides is 1. The first-order valence-corrected chi connectivity index (χ1v) is 7.51. The number of aryl methyl sites for hydroxylation is 1. The molecule has 0 saturated heterocycles. The smallest absolute Gasteiger partial charge is 0.282 e. The zero-order chi connectivity index (χ0) is 13.8. The van der Waals surface area contributed by atoms with Crippen LogP contribution in [0.4, 0.5) is 0 Å². The summed E-state index contributed by atoms with van der Waals surface area (Å²) in [6, 6.07) is 8.14. The van der Waals surface area contributed by atoms with E-state index in [2.05, 4.69) is 31.4 Å². The molecule has 0 bridgehead atoms. The highest BCUT2D eigenvalue weighted by atomic mass is 79.9. The first kappa shape index (κ1) is 14.1. The molecule has 1 heterocycles. The number of carbonyl (C=O) groups excluding carboxylic acids is 1. The van der Waals surface area contributed by atoms with Crippen LogP contribution in [0, 0.1) is 6.92 Å². The van der Waals surface area contributed by atoms with Gasteiger partial charge in [0.25, 0.3) is 5.91 Å². The fraction of sp³-hybridized carbons (Fsp3) is 0.308. The van der Waals surface area contributed by atoms with Gasteiger partial charge < -0.3 is 5.32 Å². The highest BCUT2D eigenvalue weighted by molar-refractivity contribution is 9.10. The monoisotopic (exact) mass is 339 g/mol. The highest BCUT2D eigenvalue weighted by Crippen LogP contribution is 2.12. The fourth-order valence-electron chi connectivity index (χ4n) is 1.70. The van der Waals surface area contributed by atoms with Crippen LogP contribution in [0.1, 0.15) is 27.3 Å². The molecule has 1 aromatic carbocycles. The van der Waals surface area contributed by atoms with Crippen molar-refractivity contribution in [3.8, 4) is 0 Å². The molecule has 0 spiro atoms. The summed E-state index contributed by atoms with van der Waals surface area (Å²) in [5.74, 6) is -0.157. The van der Waals surface area contributed by atoms with Crippen molar-refractivity contribution in [1.82, 2.24) is 15.5 Å². The van der Waals surface area contributed by atoms with Gasteiger partial charge in [0.2, 0.25) is 5.01 Å². The lowest BCUT2D eigenvalue weighted by Gasteiger charge is -2.12. The van der Waals surface area contributed by atoms with Gasteiger partial charge in [-0.1, -0.05) is 39.4 Å². The van der Waals surface area contributed by atoms with E-state index >= 15 is 0 Å². The molecular formula is C13H14BrN3OS. The number of nitrogens with one attached hydrogen (secondary N) is 1. The predicted octanol–water partition coefficient (Wildman–Crippen LogP) is 2.97. The van der Waals surface area contributed by atoms with Crippen molar-refractivity contribution < 1.29 is 4.79 Å². The lowest BCUT2D eigenvalue weighted by atomic mass is 10.1. The second-order valence-corrected chi connectivity index (χ2v) is 6.43. The molecular weight excluding hydrogens is 326 g/mol. The Hall–Kier alpha value is -1.27. The van der Waals surface area contributed by atoms with Crippen LogP contribution in [0.2, 0.25) is 0 Å². The summed E-state index contributed by atoms with van der Waals surface area (Å²) in [6.07, 6.45) is 0.788. The average molecular weight is 340 g/mol. The number of hydrogen-bond donors (Lipinski definition) is 1. The van der Waals surface area contributed by atoms with E-state index in [1.54, 1.807) is 0 Å². The number of hydrogen-bond acceptors (Lipinski definition) is 4.